The molecule has 11 nitrogen and oxygen atoms in total. The van der Waals surface area contributed by atoms with Gasteiger partial charge in [0, 0.05) is 23.4 Å². The first-order valence-corrected chi connectivity index (χ1v) is 14.3. The lowest BCUT2D eigenvalue weighted by atomic mass is 10.1. The predicted molar refractivity (Wildman–Crippen MR) is 148 cm³/mol. The zero-order chi connectivity index (χ0) is 28.7. The third-order valence-electron chi connectivity index (χ3n) is 6.00. The maximum atomic E-state index is 12.7. The fraction of sp³-hybridized carbons (Fsp3) is 0. The van der Waals surface area contributed by atoms with Crippen molar-refractivity contribution in [3.8, 4) is 5.75 Å². The van der Waals surface area contributed by atoms with Gasteiger partial charge in [-0.3, -0.25) is 9.35 Å². The van der Waals surface area contributed by atoms with Gasteiger partial charge in [-0.1, -0.05) is 36.4 Å². The maximum absolute atomic E-state index is 12.7. The molecular weight excluding hydrogens is 558 g/mol. The van der Waals surface area contributed by atoms with Crippen LogP contribution in [0.2, 0.25) is 0 Å². The van der Waals surface area contributed by atoms with E-state index >= 15 is 0 Å². The summed E-state index contributed by atoms with van der Waals surface area (Å²) in [7, 11) is -9.19. The van der Waals surface area contributed by atoms with Crippen molar-refractivity contribution in [3.05, 3.63) is 96.6 Å². The summed E-state index contributed by atoms with van der Waals surface area (Å²) in [6.45, 7) is 0. The summed E-state index contributed by atoms with van der Waals surface area (Å²) < 4.78 is 67.1. The van der Waals surface area contributed by atoms with Gasteiger partial charge in [-0.15, -0.1) is 5.11 Å². The first-order valence-electron chi connectivity index (χ1n) is 11.5. The van der Waals surface area contributed by atoms with E-state index < -0.39 is 31.0 Å². The molecule has 1 amide bonds. The summed E-state index contributed by atoms with van der Waals surface area (Å²) in [4.78, 5) is 12.0. The van der Waals surface area contributed by atoms with Crippen molar-refractivity contribution >= 4 is 64.8 Å². The summed E-state index contributed by atoms with van der Waals surface area (Å²) in [6, 6.07) is 21.8. The van der Waals surface area contributed by atoms with Crippen molar-refractivity contribution in [3.63, 3.8) is 0 Å². The number of aromatic hydroxyl groups is 1. The Labute approximate surface area is 229 Å². The van der Waals surface area contributed by atoms with Crippen LogP contribution < -0.4 is 5.32 Å². The molecule has 204 valence electrons. The first kappa shape index (κ1) is 26.9. The molecule has 13 heteroatoms. The standard InChI is InChI=1S/C27H19N3O8S2.H2/c31-26-23-4-2-1-3-22(23)25(40(36,37)38)15-24(26)30-29-19-9-5-16(6-10-19)27(32)28-20-11-7-18-14-21(39(33,34)35)12-8-17(18)13-20;/h1-15,31H,(H,28,32)(H,33,34,35)(H,36,37,38);1H/p-1. The van der Waals surface area contributed by atoms with Gasteiger partial charge in [0.15, 0.2) is 5.75 Å². The van der Waals surface area contributed by atoms with Crippen LogP contribution in [0.4, 0.5) is 17.1 Å². The van der Waals surface area contributed by atoms with Crippen molar-refractivity contribution in [2.75, 3.05) is 5.32 Å². The van der Waals surface area contributed by atoms with Crippen LogP contribution in [0.25, 0.3) is 21.5 Å². The number of phenols is 1. The van der Waals surface area contributed by atoms with Crippen LogP contribution in [0.5, 0.6) is 5.75 Å². The van der Waals surface area contributed by atoms with Crippen LogP contribution in [0.1, 0.15) is 11.8 Å². The first-order chi connectivity index (χ1) is 18.9. The molecular formula is C27H20N3O8S2-. The summed E-state index contributed by atoms with van der Waals surface area (Å²) in [5.41, 5.74) is 0.816. The summed E-state index contributed by atoms with van der Waals surface area (Å²) in [6.07, 6.45) is 0. The van der Waals surface area contributed by atoms with E-state index in [1.165, 1.54) is 60.7 Å². The molecule has 0 spiro atoms. The number of fused-ring (bicyclic) bond motifs is 2. The molecule has 3 N–H and O–H groups in total. The van der Waals surface area contributed by atoms with E-state index in [2.05, 4.69) is 15.5 Å². The number of azo groups is 1. The summed E-state index contributed by atoms with van der Waals surface area (Å²) in [5, 5.41) is 22.6. The Morgan fingerprint density at radius 1 is 0.800 bits per heavy atom. The number of amides is 1. The number of carbonyl (C=O) groups is 1. The number of anilines is 1. The zero-order valence-electron chi connectivity index (χ0n) is 20.2. The highest BCUT2D eigenvalue weighted by atomic mass is 32.2. The van der Waals surface area contributed by atoms with Crippen LogP contribution in [-0.4, -0.2) is 37.0 Å². The molecule has 0 saturated heterocycles. The number of phenolic OH excluding ortho intramolecular Hbond substituents is 1. The highest BCUT2D eigenvalue weighted by Crippen LogP contribution is 2.39. The molecule has 0 heterocycles. The van der Waals surface area contributed by atoms with Crippen LogP contribution >= 0.6 is 0 Å². The normalized spacial score (nSPS) is 12.2. The van der Waals surface area contributed by atoms with Crippen LogP contribution in [-0.2, 0) is 20.2 Å². The van der Waals surface area contributed by atoms with Gasteiger partial charge in [-0.25, -0.2) is 8.42 Å². The van der Waals surface area contributed by atoms with Crippen LogP contribution in [0.3, 0.4) is 0 Å². The minimum atomic E-state index is -4.85. The van der Waals surface area contributed by atoms with E-state index in [0.717, 1.165) is 6.07 Å². The molecule has 5 aromatic carbocycles. The van der Waals surface area contributed by atoms with E-state index in [1.807, 2.05) is 0 Å². The Morgan fingerprint density at radius 3 is 2.12 bits per heavy atom. The second-order valence-electron chi connectivity index (χ2n) is 8.64. The molecule has 0 aromatic heterocycles. The van der Waals surface area contributed by atoms with Gasteiger partial charge in [0.2, 0.25) is 0 Å². The number of nitrogens with one attached hydrogen (secondary N) is 1. The Hall–Kier alpha value is -4.69. The third-order valence-corrected chi connectivity index (χ3v) is 7.72. The van der Waals surface area contributed by atoms with E-state index in [-0.39, 0.29) is 39.8 Å². The van der Waals surface area contributed by atoms with Crippen LogP contribution in [0, 0.1) is 0 Å². The van der Waals surface area contributed by atoms with E-state index in [4.69, 9.17) is 0 Å². The lowest BCUT2D eigenvalue weighted by Crippen LogP contribution is -2.11. The molecule has 0 fully saturated rings. The van der Waals surface area contributed by atoms with Crippen molar-refractivity contribution in [2.45, 2.75) is 9.79 Å². The van der Waals surface area contributed by atoms with E-state index in [9.17, 15) is 35.8 Å². The number of carbonyl (C=O) groups excluding carboxylic acids is 1. The fourth-order valence-electron chi connectivity index (χ4n) is 4.05. The molecule has 0 aliphatic rings. The molecule has 0 saturated carbocycles. The number of hydrogen-bond acceptors (Lipinski definition) is 9. The minimum Gasteiger partial charge on any atom is -0.744 e. The molecule has 5 rings (SSSR count). The molecule has 5 aromatic rings. The van der Waals surface area contributed by atoms with Gasteiger partial charge in [-0.05, 0) is 65.4 Å². The average Bonchev–Trinajstić information content (AvgIpc) is 2.91. The molecule has 0 unspecified atom stereocenters. The van der Waals surface area contributed by atoms with Crippen LogP contribution in [0.15, 0.2) is 111 Å². The Bertz CT molecular complexity index is 2060. The minimum absolute atomic E-state index is 0. The Balaban J connectivity index is 0.00000387. The van der Waals surface area contributed by atoms with Gasteiger partial charge in [-0.2, -0.15) is 13.5 Å². The molecule has 0 atom stereocenters. The molecule has 0 aliphatic carbocycles. The highest BCUT2D eigenvalue weighted by Gasteiger charge is 2.15. The second-order valence-corrected chi connectivity index (χ2v) is 11.4. The monoisotopic (exact) mass is 578 g/mol. The lowest BCUT2D eigenvalue weighted by molar-refractivity contribution is 0.102. The van der Waals surface area contributed by atoms with Crippen molar-refractivity contribution in [1.29, 1.82) is 0 Å². The van der Waals surface area contributed by atoms with Gasteiger partial charge in [0.05, 0.1) is 15.5 Å². The van der Waals surface area contributed by atoms with Gasteiger partial charge in [0.1, 0.15) is 15.8 Å². The quantitative estimate of drug-likeness (QED) is 0.167. The van der Waals surface area contributed by atoms with E-state index in [1.54, 1.807) is 24.3 Å². The van der Waals surface area contributed by atoms with Gasteiger partial charge < -0.3 is 15.0 Å². The summed E-state index contributed by atoms with van der Waals surface area (Å²) >= 11 is 0. The molecule has 0 radical (unpaired) electrons. The SMILES string of the molecule is O=C(Nc1ccc2cc(S(=O)(=O)O)ccc2c1)c1ccc(N=Nc2cc(S(=O)(=O)[O-])c3ccccc3c2O)cc1.[HH]. The summed E-state index contributed by atoms with van der Waals surface area (Å²) in [5.74, 6) is -0.776. The lowest BCUT2D eigenvalue weighted by Gasteiger charge is -2.13. The third kappa shape index (κ3) is 5.53. The molecule has 0 bridgehead atoms. The number of nitrogens with zero attached hydrogens (tertiary/aromatic N) is 2. The fourth-order valence-corrected chi connectivity index (χ4v) is 5.27. The smallest absolute Gasteiger partial charge is 0.294 e. The highest BCUT2D eigenvalue weighted by molar-refractivity contribution is 7.86. The van der Waals surface area contributed by atoms with Gasteiger partial charge >= 0.3 is 0 Å². The zero-order valence-corrected chi connectivity index (χ0v) is 21.8. The van der Waals surface area contributed by atoms with Crippen molar-refractivity contribution in [2.24, 2.45) is 10.2 Å². The second kappa shape index (κ2) is 10.1. The van der Waals surface area contributed by atoms with Gasteiger partial charge in [0.25, 0.3) is 16.0 Å². The van der Waals surface area contributed by atoms with Crippen molar-refractivity contribution in [1.82, 2.24) is 0 Å². The van der Waals surface area contributed by atoms with E-state index in [0.29, 0.717) is 16.5 Å². The Kier molecular flexibility index (Phi) is 6.81. The maximum Gasteiger partial charge on any atom is 0.294 e. The number of rotatable bonds is 6. The number of hydrogen-bond donors (Lipinski definition) is 3. The van der Waals surface area contributed by atoms with Crippen molar-refractivity contribution < 1.29 is 37.3 Å². The number of benzene rings is 5. The largest absolute Gasteiger partial charge is 0.744 e. The topological polar surface area (TPSA) is 186 Å². The average molecular weight is 579 g/mol. The Morgan fingerprint density at radius 2 is 1.45 bits per heavy atom. The molecule has 40 heavy (non-hydrogen) atoms. The predicted octanol–water partition coefficient (Wildman–Crippen LogP) is 5.76. The molecule has 0 aliphatic heterocycles.